The van der Waals surface area contributed by atoms with Gasteiger partial charge in [0.15, 0.2) is 11.4 Å². The number of imidazole rings is 2. The van der Waals surface area contributed by atoms with Gasteiger partial charge in [-0.15, -0.1) is 11.6 Å². The number of carbonyl (C=O) groups is 5. The van der Waals surface area contributed by atoms with Gasteiger partial charge in [0.2, 0.25) is 33.6 Å². The number of hydrogen-bond donors (Lipinski definition) is 2. The molecule has 4 saturated heterocycles. The minimum atomic E-state index is -5.02. The Kier molecular flexibility index (Phi) is 22.0. The highest BCUT2D eigenvalue weighted by molar-refractivity contribution is 7.17. The van der Waals surface area contributed by atoms with Gasteiger partial charge in [0, 0.05) is 91.8 Å². The van der Waals surface area contributed by atoms with E-state index < -0.39 is 151 Å². The summed E-state index contributed by atoms with van der Waals surface area (Å²) in [4.78, 5) is 62.6. The lowest BCUT2D eigenvalue weighted by atomic mass is 10.1. The highest BCUT2D eigenvalue weighted by Crippen LogP contribution is 2.38. The molecule has 0 saturated carbocycles. The Morgan fingerprint density at radius 1 is 0.679 bits per heavy atom. The number of halogens is 19. The monoisotopic (exact) mass is 1330 g/mol. The molecule has 0 unspecified atom stereocenters. The summed E-state index contributed by atoms with van der Waals surface area (Å²) in [5.41, 5.74) is -3.46. The molecule has 4 atom stereocenters. The molecule has 0 spiro atoms. The van der Waals surface area contributed by atoms with E-state index in [9.17, 15) is 80.6 Å². The molecule has 4 aliphatic heterocycles. The second kappa shape index (κ2) is 30.3. The van der Waals surface area contributed by atoms with E-state index in [0.717, 1.165) is 38.3 Å². The number of likely N-dealkylation sites (tertiary alicyclic amines) is 3. The smallest absolute Gasteiger partial charge is 0.377 e. The summed E-state index contributed by atoms with van der Waals surface area (Å²) in [6.07, 6.45) is -11.9. The van der Waals surface area contributed by atoms with Gasteiger partial charge in [-0.3, -0.25) is 19.2 Å². The summed E-state index contributed by atoms with van der Waals surface area (Å²) in [5, 5.41) is 6.47. The topological polar surface area (TPSA) is 206 Å². The van der Waals surface area contributed by atoms with Crippen molar-refractivity contribution < 1.29 is 111 Å². The molecule has 4 aromatic rings. The number of carbonyl (C=O) groups excluding carboxylic acids is 5. The summed E-state index contributed by atoms with van der Waals surface area (Å²) in [5.74, 6) is -7.36. The van der Waals surface area contributed by atoms with Gasteiger partial charge >= 0.3 is 33.9 Å². The van der Waals surface area contributed by atoms with Crippen molar-refractivity contribution >= 4 is 121 Å². The third kappa shape index (κ3) is 24.3. The number of rotatable bonds is 16. The molecule has 0 radical (unpaired) electrons. The van der Waals surface area contributed by atoms with Crippen molar-refractivity contribution in [2.45, 2.75) is 105 Å². The Bertz CT molecular complexity index is 2970. The van der Waals surface area contributed by atoms with Crippen LogP contribution >= 0.6 is 80.7 Å². The second-order valence-corrected chi connectivity index (χ2v) is 21.8. The van der Waals surface area contributed by atoms with Crippen LogP contribution in [0.4, 0.5) is 61.5 Å². The summed E-state index contributed by atoms with van der Waals surface area (Å²) >= 11 is 26.1. The fourth-order valence-electron chi connectivity index (χ4n) is 7.62. The molecule has 0 aliphatic carbocycles. The van der Waals surface area contributed by atoms with Gasteiger partial charge < -0.3 is 39.4 Å². The molecule has 8 rings (SSSR count). The first kappa shape index (κ1) is 58.9. The molecule has 460 valence electrons. The Morgan fingerprint density at radius 3 is 1.49 bits per heavy atom. The van der Waals surface area contributed by atoms with Gasteiger partial charge in [0.1, 0.15) is 26.2 Å². The van der Waals surface area contributed by atoms with E-state index in [1.54, 1.807) is 0 Å². The highest BCUT2D eigenvalue weighted by atomic mass is 35.5. The van der Waals surface area contributed by atoms with Crippen molar-refractivity contribution in [2.75, 3.05) is 53.0 Å². The maximum Gasteiger partial charge on any atom is 0.435 e. The van der Waals surface area contributed by atoms with Crippen LogP contribution in [0.2, 0.25) is 0 Å². The number of aliphatic hydroxyl groups is 1. The van der Waals surface area contributed by atoms with Gasteiger partial charge in [-0.2, -0.15) is 71.7 Å². The van der Waals surface area contributed by atoms with Gasteiger partial charge in [-0.1, -0.05) is 22.7 Å². The zero-order valence-corrected chi connectivity index (χ0v) is 46.5. The molecule has 18 nitrogen and oxygen atoms in total. The van der Waals surface area contributed by atoms with Crippen molar-refractivity contribution in [3.8, 4) is 0 Å². The van der Waals surface area contributed by atoms with E-state index in [2.05, 4.69) is 37.1 Å². The number of nitrogens with one attached hydrogen (secondary N) is 1. The third-order valence-corrected chi connectivity index (χ3v) is 13.2. The van der Waals surface area contributed by atoms with E-state index in [4.69, 9.17) is 76.7 Å². The Labute approximate surface area is 494 Å². The minimum absolute atomic E-state index is 0.0344. The summed E-state index contributed by atoms with van der Waals surface area (Å²) in [7, 11) is 2.84. The van der Waals surface area contributed by atoms with Crippen LogP contribution in [0.25, 0.3) is 9.92 Å². The lowest BCUT2D eigenvalue weighted by molar-refractivity contribution is -0.142. The number of alkyl halides is 19. The van der Waals surface area contributed by atoms with Crippen LogP contribution in [0, 0.1) is 23.7 Å². The van der Waals surface area contributed by atoms with Crippen LogP contribution in [0.15, 0.2) is 6.20 Å². The maximum absolute atomic E-state index is 13.5. The number of amides is 4. The fourth-order valence-corrected chi connectivity index (χ4v) is 10.4. The average molecular weight is 1340 g/mol. The lowest BCUT2D eigenvalue weighted by Gasteiger charge is -2.18. The number of fused-ring (bicyclic) bond motifs is 2. The SMILES string of the molecule is COCc1nn2cc(C(F)(F)F)nc2s1.O=C1C[C@H](CC(F)(F)Cl)CN1.[2H]C([2H])(Cl)N1C[C@@H](CC(F)(F)Cl)CC1=O.[2H]C([2H])(O)N1C[C@@H](CC(F)(F)Cl)CC1=O.[2H]C([2H])(c1c(C(F)(F)F)nc2sc(COC)nn12)N1C[C@@H](CC(F)(F)Cl)CC1=O.[2H]C([2H])=O. The predicted octanol–water partition coefficient (Wildman–Crippen LogP) is 9.90. The van der Waals surface area contributed by atoms with Crippen LogP contribution in [-0.4, -0.2) is 154 Å². The number of nitrogens with zero attached hydrogens (tertiary/aromatic N) is 9. The molecule has 0 aromatic carbocycles. The van der Waals surface area contributed by atoms with Crippen molar-refractivity contribution in [2.24, 2.45) is 23.7 Å². The zero-order valence-electron chi connectivity index (χ0n) is 49.1. The lowest BCUT2D eigenvalue weighted by Crippen LogP contribution is -2.27. The van der Waals surface area contributed by atoms with Crippen LogP contribution in [0.1, 0.15) is 89.4 Å². The molecule has 2 N–H and O–H groups in total. The fraction of sp³-hybridized carbons (Fsp3) is 0.690. The Balaban J connectivity index is 0.000000299. The first-order valence-electron chi connectivity index (χ1n) is 26.3. The van der Waals surface area contributed by atoms with Crippen LogP contribution in [0.5, 0.6) is 0 Å². The molecule has 8 heterocycles. The van der Waals surface area contributed by atoms with E-state index in [-0.39, 0.29) is 72.3 Å². The second-order valence-electron chi connectivity index (χ2n) is 17.4. The quantitative estimate of drug-likeness (QED) is 0.0611. The number of ether oxygens (including phenoxy) is 2. The molecule has 4 aliphatic rings. The first-order chi connectivity index (χ1) is 40.1. The number of hydrogen-bond acceptors (Lipinski definition) is 14. The molecule has 81 heavy (non-hydrogen) atoms. The minimum Gasteiger partial charge on any atom is -0.377 e. The number of aromatic nitrogens is 6. The average Bonchev–Trinajstić information content (AvgIpc) is 1.58. The normalized spacial score (nSPS) is 21.8. The largest absolute Gasteiger partial charge is 0.435 e. The molecule has 0 bridgehead atoms. The third-order valence-electron chi connectivity index (χ3n) is 10.6. The summed E-state index contributed by atoms with van der Waals surface area (Å²) in [6.45, 7) is -7.47. The van der Waals surface area contributed by atoms with E-state index >= 15 is 0 Å². The van der Waals surface area contributed by atoms with Crippen LogP contribution in [-0.2, 0) is 65.5 Å². The van der Waals surface area contributed by atoms with Crippen molar-refractivity contribution in [3.05, 3.63) is 33.3 Å². The maximum atomic E-state index is 13.5. The summed E-state index contributed by atoms with van der Waals surface area (Å²) < 4.78 is 244. The van der Waals surface area contributed by atoms with E-state index in [0.29, 0.717) is 25.9 Å². The van der Waals surface area contributed by atoms with E-state index in [1.165, 1.54) is 14.2 Å². The molecular formula is C42H49Cl5F14N10O8S2. The molecular weight excluding hydrogens is 1280 g/mol. The summed E-state index contributed by atoms with van der Waals surface area (Å²) in [6, 6.07) is 0. The van der Waals surface area contributed by atoms with Crippen molar-refractivity contribution in [1.29, 1.82) is 0 Å². The Morgan fingerprint density at radius 2 is 1.11 bits per heavy atom. The molecule has 4 aromatic heterocycles. The van der Waals surface area contributed by atoms with Crippen LogP contribution < -0.4 is 5.32 Å². The van der Waals surface area contributed by atoms with Crippen LogP contribution in [0.3, 0.4) is 0 Å². The molecule has 4 fully saturated rings. The molecule has 4 amide bonds. The predicted molar refractivity (Wildman–Crippen MR) is 264 cm³/mol. The molecule has 39 heteroatoms. The van der Waals surface area contributed by atoms with Crippen molar-refractivity contribution in [3.63, 3.8) is 0 Å². The van der Waals surface area contributed by atoms with Gasteiger partial charge in [-0.05, 0) is 70.1 Å². The van der Waals surface area contributed by atoms with Gasteiger partial charge in [-0.25, -0.2) is 19.0 Å². The first-order valence-corrected chi connectivity index (χ1v) is 25.9. The highest BCUT2D eigenvalue weighted by Gasteiger charge is 2.43. The van der Waals surface area contributed by atoms with Gasteiger partial charge in [0.05, 0.1) is 45.8 Å². The van der Waals surface area contributed by atoms with Gasteiger partial charge in [0.25, 0.3) is 0 Å². The number of methoxy groups -OCH3 is 2. The zero-order chi connectivity index (χ0) is 68.6. The van der Waals surface area contributed by atoms with Crippen molar-refractivity contribution in [1.82, 2.24) is 49.2 Å². The standard InChI is InChI=1S/C14H14ClF5N4O2S.C7H9Cl2F2NO.C7H10ClF2NO2.C7H6F3N3OS.C6H8ClF2NO.CH2O/c1-26-6-9-22-24-8(11(14(18,19)20)21-12(24)27-9)5-23-4-7(2-10(23)25)3-13(15,16)17;8-4-12-3-5(1-6(12)13)2-7(9,10)11;8-7(9,10)2-5-1-6(13)11(3-5)4-12;1-14-3-5-12-13-2-4(7(8,9)10)11-6(13)15-5;7-6(8,9)2-4-1-5(11)10-3-4;1-2/h7H,2-6H2,1H3;5H,1-4H2;5,12H,1-4H2;2H,3H2,1H3;4H,1-3H2,(H,10,11);1H2/t7-;2*5-;;4-;/m111.1./s1/i5D2;2*4D2;;;1D2. The Hall–Kier alpha value is -3.90. The van der Waals surface area contributed by atoms with E-state index in [1.807, 2.05) is 0 Å².